The summed E-state index contributed by atoms with van der Waals surface area (Å²) in [6.45, 7) is 1.85. The van der Waals surface area contributed by atoms with Crippen LogP contribution >= 0.6 is 0 Å². The van der Waals surface area contributed by atoms with Gasteiger partial charge < -0.3 is 0 Å². The Kier molecular flexibility index (Phi) is 1.91. The zero-order chi connectivity index (χ0) is 9.97. The Labute approximate surface area is 79.8 Å². The topological polar surface area (TPSA) is 80.3 Å². The van der Waals surface area contributed by atoms with Crippen LogP contribution in [0, 0.1) is 18.3 Å². The lowest BCUT2D eigenvalue weighted by atomic mass is 10.4. The second-order valence-corrected chi connectivity index (χ2v) is 2.66. The first-order valence-electron chi connectivity index (χ1n) is 3.92. The highest BCUT2D eigenvalue weighted by Gasteiger charge is 2.02. The lowest BCUT2D eigenvalue weighted by molar-refractivity contribution is 0.801. The molecule has 0 unspecified atom stereocenters. The Morgan fingerprint density at radius 2 is 2.21 bits per heavy atom. The molecule has 2 heterocycles. The molecule has 2 aromatic heterocycles. The zero-order valence-corrected chi connectivity index (χ0v) is 7.42. The van der Waals surface area contributed by atoms with Gasteiger partial charge in [0.25, 0.3) is 5.82 Å². The Morgan fingerprint density at radius 3 is 2.79 bits per heavy atom. The molecular weight excluding hydrogens is 180 g/mol. The van der Waals surface area contributed by atoms with E-state index >= 15 is 0 Å². The van der Waals surface area contributed by atoms with E-state index in [2.05, 4.69) is 20.3 Å². The van der Waals surface area contributed by atoms with Crippen molar-refractivity contribution >= 4 is 0 Å². The maximum Gasteiger partial charge on any atom is 0.252 e. The van der Waals surface area contributed by atoms with Crippen molar-refractivity contribution in [3.05, 3.63) is 30.0 Å². The first-order valence-corrected chi connectivity index (χ1v) is 3.92. The number of aryl methyl sites for hydroxylation is 1. The van der Waals surface area contributed by atoms with E-state index in [9.17, 15) is 0 Å². The highest BCUT2D eigenvalue weighted by Crippen LogP contribution is 2.00. The van der Waals surface area contributed by atoms with Crippen molar-refractivity contribution < 1.29 is 0 Å². The van der Waals surface area contributed by atoms with Crippen molar-refractivity contribution in [2.45, 2.75) is 6.92 Å². The third-order valence-corrected chi connectivity index (χ3v) is 1.61. The summed E-state index contributed by atoms with van der Waals surface area (Å²) in [6, 6.07) is 5.41. The van der Waals surface area contributed by atoms with E-state index in [4.69, 9.17) is 5.26 Å². The van der Waals surface area contributed by atoms with Gasteiger partial charge in [0.2, 0.25) is 0 Å². The van der Waals surface area contributed by atoms with Crippen LogP contribution in [0.3, 0.4) is 0 Å². The molecule has 0 radical (unpaired) electrons. The molecule has 0 bridgehead atoms. The van der Waals surface area contributed by atoms with Crippen molar-refractivity contribution in [2.24, 2.45) is 0 Å². The summed E-state index contributed by atoms with van der Waals surface area (Å²) in [7, 11) is 0. The molecule has 0 amide bonds. The van der Waals surface area contributed by atoms with Gasteiger partial charge in [-0.1, -0.05) is 0 Å². The molecular formula is C8H6N6. The second-order valence-electron chi connectivity index (χ2n) is 2.66. The van der Waals surface area contributed by atoms with Crippen LogP contribution in [-0.4, -0.2) is 25.0 Å². The number of nitriles is 1. The van der Waals surface area contributed by atoms with Crippen LogP contribution in [0.5, 0.6) is 0 Å². The second kappa shape index (κ2) is 3.22. The van der Waals surface area contributed by atoms with Gasteiger partial charge in [-0.3, -0.25) is 0 Å². The minimum atomic E-state index is 0.118. The van der Waals surface area contributed by atoms with Gasteiger partial charge in [-0.05, 0) is 19.1 Å². The van der Waals surface area contributed by atoms with Gasteiger partial charge in [0.05, 0.1) is 5.69 Å². The predicted octanol–water partition coefficient (Wildman–Crippen LogP) is 0.237. The first-order chi connectivity index (χ1) is 6.79. The minimum absolute atomic E-state index is 0.118. The summed E-state index contributed by atoms with van der Waals surface area (Å²) in [5, 5.41) is 20.2. The van der Waals surface area contributed by atoms with E-state index in [0.717, 1.165) is 5.69 Å². The van der Waals surface area contributed by atoms with Crippen molar-refractivity contribution in [3.8, 4) is 11.9 Å². The quantitative estimate of drug-likeness (QED) is 0.637. The SMILES string of the molecule is Cc1ccc(-n2cnc(C#N)n2)nn1. The van der Waals surface area contributed by atoms with Gasteiger partial charge in [-0.25, -0.2) is 4.98 Å². The van der Waals surface area contributed by atoms with Crippen LogP contribution in [0.1, 0.15) is 11.5 Å². The van der Waals surface area contributed by atoms with Crippen LogP contribution in [-0.2, 0) is 0 Å². The van der Waals surface area contributed by atoms with E-state index < -0.39 is 0 Å². The normalized spacial score (nSPS) is 9.71. The molecule has 0 aliphatic rings. The average molecular weight is 186 g/mol. The van der Waals surface area contributed by atoms with Crippen LogP contribution in [0.25, 0.3) is 5.82 Å². The highest BCUT2D eigenvalue weighted by molar-refractivity contribution is 5.20. The molecule has 6 nitrogen and oxygen atoms in total. The summed E-state index contributed by atoms with van der Waals surface area (Å²) >= 11 is 0. The molecule has 0 atom stereocenters. The fourth-order valence-corrected chi connectivity index (χ4v) is 0.939. The fourth-order valence-electron chi connectivity index (χ4n) is 0.939. The average Bonchev–Trinajstić information content (AvgIpc) is 2.67. The Balaban J connectivity index is 2.40. The number of hydrogen-bond acceptors (Lipinski definition) is 5. The molecule has 0 aromatic carbocycles. The monoisotopic (exact) mass is 186 g/mol. The van der Waals surface area contributed by atoms with E-state index in [1.165, 1.54) is 11.0 Å². The molecule has 6 heteroatoms. The van der Waals surface area contributed by atoms with Gasteiger partial charge in [0, 0.05) is 0 Å². The van der Waals surface area contributed by atoms with Gasteiger partial charge in [0.15, 0.2) is 5.82 Å². The molecule has 0 fully saturated rings. The molecule has 14 heavy (non-hydrogen) atoms. The molecule has 2 aromatic rings. The lowest BCUT2D eigenvalue weighted by Gasteiger charge is -1.96. The molecule has 0 saturated heterocycles. The number of nitrogens with zero attached hydrogens (tertiary/aromatic N) is 6. The lowest BCUT2D eigenvalue weighted by Crippen LogP contribution is -2.00. The zero-order valence-electron chi connectivity index (χ0n) is 7.42. The molecule has 2 rings (SSSR count). The van der Waals surface area contributed by atoms with Crippen molar-refractivity contribution in [1.29, 1.82) is 5.26 Å². The van der Waals surface area contributed by atoms with Crippen LogP contribution in [0.15, 0.2) is 18.5 Å². The van der Waals surface area contributed by atoms with Crippen molar-refractivity contribution in [2.75, 3.05) is 0 Å². The van der Waals surface area contributed by atoms with Crippen LogP contribution < -0.4 is 0 Å². The van der Waals surface area contributed by atoms with E-state index in [1.807, 2.05) is 19.1 Å². The Hall–Kier alpha value is -2.29. The van der Waals surface area contributed by atoms with Crippen LogP contribution in [0.4, 0.5) is 0 Å². The third-order valence-electron chi connectivity index (χ3n) is 1.61. The van der Waals surface area contributed by atoms with Crippen molar-refractivity contribution in [3.63, 3.8) is 0 Å². The maximum absolute atomic E-state index is 8.52. The van der Waals surface area contributed by atoms with E-state index in [-0.39, 0.29) is 5.82 Å². The largest absolute Gasteiger partial charge is 0.252 e. The predicted molar refractivity (Wildman–Crippen MR) is 46.4 cm³/mol. The highest BCUT2D eigenvalue weighted by atomic mass is 15.4. The molecule has 68 valence electrons. The smallest absolute Gasteiger partial charge is 0.206 e. The van der Waals surface area contributed by atoms with E-state index in [0.29, 0.717) is 5.82 Å². The summed E-state index contributed by atoms with van der Waals surface area (Å²) in [4.78, 5) is 3.76. The number of rotatable bonds is 1. The molecule has 0 spiro atoms. The minimum Gasteiger partial charge on any atom is -0.206 e. The fraction of sp³-hybridized carbons (Fsp3) is 0.125. The van der Waals surface area contributed by atoms with Crippen LogP contribution in [0.2, 0.25) is 0 Å². The summed E-state index contributed by atoms with van der Waals surface area (Å²) in [6.07, 6.45) is 1.43. The molecule has 0 N–H and O–H groups in total. The first kappa shape index (κ1) is 8.31. The Morgan fingerprint density at radius 1 is 1.36 bits per heavy atom. The standard InChI is InChI=1S/C8H6N6/c1-6-2-3-8(12-11-6)14-5-10-7(4-9)13-14/h2-3,5H,1H3. The molecule has 0 aliphatic carbocycles. The van der Waals surface area contributed by atoms with Gasteiger partial charge in [-0.15, -0.1) is 10.2 Å². The number of hydrogen-bond donors (Lipinski definition) is 0. The van der Waals surface area contributed by atoms with Crippen molar-refractivity contribution in [1.82, 2.24) is 25.0 Å². The Bertz CT molecular complexity index is 477. The van der Waals surface area contributed by atoms with Gasteiger partial charge >= 0.3 is 0 Å². The van der Waals surface area contributed by atoms with Gasteiger partial charge in [-0.2, -0.15) is 15.0 Å². The maximum atomic E-state index is 8.52. The summed E-state index contributed by atoms with van der Waals surface area (Å²) in [5.41, 5.74) is 0.828. The molecule has 0 aliphatic heterocycles. The summed E-state index contributed by atoms with van der Waals surface area (Å²) < 4.78 is 1.41. The van der Waals surface area contributed by atoms with Gasteiger partial charge in [0.1, 0.15) is 12.4 Å². The summed E-state index contributed by atoms with van der Waals surface area (Å²) in [5.74, 6) is 0.664. The molecule has 0 saturated carbocycles. The number of aromatic nitrogens is 5. The van der Waals surface area contributed by atoms with E-state index in [1.54, 1.807) is 6.07 Å². The third kappa shape index (κ3) is 1.43.